The fraction of sp³-hybridized carbons (Fsp3) is 0.263. The zero-order chi connectivity index (χ0) is 21.7. The second-order valence-electron chi connectivity index (χ2n) is 6.48. The third-order valence-electron chi connectivity index (χ3n) is 4.37. The van der Waals surface area contributed by atoms with Gasteiger partial charge in [0.25, 0.3) is 16.7 Å². The molecule has 2 aromatic rings. The zero-order valence-electron chi connectivity index (χ0n) is 16.1. The molecule has 0 unspecified atom stereocenters. The van der Waals surface area contributed by atoms with Gasteiger partial charge >= 0.3 is 5.69 Å². The van der Waals surface area contributed by atoms with Crippen molar-refractivity contribution in [3.63, 3.8) is 0 Å². The Hall–Kier alpha value is -3.47. The number of carbonyl (C=O) groups excluding carboxylic acids is 3. The number of amides is 3. The van der Waals surface area contributed by atoms with Crippen LogP contribution in [0, 0.1) is 6.92 Å². The second kappa shape index (κ2) is 9.35. The highest BCUT2D eigenvalue weighted by atomic mass is 32.2. The number of nitrogens with zero attached hydrogens (tertiary/aromatic N) is 2. The molecule has 11 heteroatoms. The Labute approximate surface area is 174 Å². The fourth-order valence-electron chi connectivity index (χ4n) is 2.87. The third-order valence-corrected chi connectivity index (χ3v) is 5.28. The summed E-state index contributed by atoms with van der Waals surface area (Å²) in [5, 5.41) is 2.22. The van der Waals surface area contributed by atoms with Crippen LogP contribution < -0.4 is 16.6 Å². The maximum absolute atomic E-state index is 12.4. The van der Waals surface area contributed by atoms with E-state index in [0.717, 1.165) is 16.7 Å². The molecule has 0 spiro atoms. The van der Waals surface area contributed by atoms with E-state index in [1.807, 2.05) is 0 Å². The van der Waals surface area contributed by atoms with E-state index < -0.39 is 22.4 Å². The lowest BCUT2D eigenvalue weighted by Crippen LogP contribution is -2.37. The first-order valence-corrected chi connectivity index (χ1v) is 9.91. The number of aromatic amines is 2. The summed E-state index contributed by atoms with van der Waals surface area (Å²) < 4.78 is 0. The van der Waals surface area contributed by atoms with Crippen LogP contribution in [0.15, 0.2) is 39.0 Å². The van der Waals surface area contributed by atoms with Crippen molar-refractivity contribution in [2.75, 3.05) is 13.1 Å². The average Bonchev–Trinajstić information content (AvgIpc) is 2.95. The molecule has 3 amide bonds. The smallest absolute Gasteiger partial charge is 0.325 e. The molecule has 1 saturated heterocycles. The fourth-order valence-corrected chi connectivity index (χ4v) is 3.73. The van der Waals surface area contributed by atoms with Gasteiger partial charge in [-0.3, -0.25) is 34.0 Å². The highest BCUT2D eigenvalue weighted by molar-refractivity contribution is 8.18. The number of rotatable bonds is 7. The maximum atomic E-state index is 12.4. The Morgan fingerprint density at radius 1 is 1.27 bits per heavy atom. The first-order valence-electron chi connectivity index (χ1n) is 9.09. The molecule has 0 saturated carbocycles. The van der Waals surface area contributed by atoms with Gasteiger partial charge in [-0.25, -0.2) is 4.79 Å². The maximum Gasteiger partial charge on any atom is 0.325 e. The van der Waals surface area contributed by atoms with Crippen molar-refractivity contribution in [2.24, 2.45) is 0 Å². The van der Waals surface area contributed by atoms with Crippen LogP contribution in [0.2, 0.25) is 0 Å². The van der Waals surface area contributed by atoms with Crippen molar-refractivity contribution in [2.45, 2.75) is 19.8 Å². The van der Waals surface area contributed by atoms with Crippen LogP contribution in [0.5, 0.6) is 0 Å². The molecule has 1 aliphatic rings. The second-order valence-corrected chi connectivity index (χ2v) is 7.47. The van der Waals surface area contributed by atoms with Gasteiger partial charge in [0.1, 0.15) is 0 Å². The molecule has 30 heavy (non-hydrogen) atoms. The SMILES string of the molecule is Cc1[nH]c(=O)[nH]c(=O)c1CCC(=O)NCCN1C(=O)S/C(=C\c2cccnc2)C1=O. The van der Waals surface area contributed by atoms with Crippen LogP contribution in [0.4, 0.5) is 4.79 Å². The predicted molar refractivity (Wildman–Crippen MR) is 111 cm³/mol. The molecule has 0 aliphatic carbocycles. The summed E-state index contributed by atoms with van der Waals surface area (Å²) in [6.07, 6.45) is 4.97. The van der Waals surface area contributed by atoms with Crippen molar-refractivity contribution in [3.8, 4) is 0 Å². The van der Waals surface area contributed by atoms with E-state index in [-0.39, 0.29) is 31.8 Å². The zero-order valence-corrected chi connectivity index (χ0v) is 16.9. The number of imide groups is 1. The number of aromatic nitrogens is 3. The molecule has 3 N–H and O–H groups in total. The predicted octanol–water partition coefficient (Wildman–Crippen LogP) is 0.552. The molecule has 3 heterocycles. The molecule has 0 radical (unpaired) electrons. The summed E-state index contributed by atoms with van der Waals surface area (Å²) in [6.45, 7) is 1.72. The van der Waals surface area contributed by atoms with Gasteiger partial charge in [0.05, 0.1) is 4.91 Å². The third kappa shape index (κ3) is 5.11. The number of thioether (sulfide) groups is 1. The van der Waals surface area contributed by atoms with Gasteiger partial charge in [0, 0.05) is 43.2 Å². The minimum absolute atomic E-state index is 0.0266. The Bertz CT molecular complexity index is 1120. The molecule has 10 nitrogen and oxygen atoms in total. The molecule has 0 atom stereocenters. The molecule has 0 aromatic carbocycles. The minimum atomic E-state index is -0.597. The lowest BCUT2D eigenvalue weighted by Gasteiger charge is -2.13. The topological polar surface area (TPSA) is 145 Å². The highest BCUT2D eigenvalue weighted by Crippen LogP contribution is 2.31. The molecule has 1 fully saturated rings. The molecule has 2 aromatic heterocycles. The Balaban J connectivity index is 1.50. The van der Waals surface area contributed by atoms with E-state index in [4.69, 9.17) is 0 Å². The van der Waals surface area contributed by atoms with Gasteiger partial charge in [0.15, 0.2) is 0 Å². The Kier molecular flexibility index (Phi) is 6.62. The van der Waals surface area contributed by atoms with Crippen LogP contribution >= 0.6 is 11.8 Å². The van der Waals surface area contributed by atoms with E-state index in [1.165, 1.54) is 0 Å². The first kappa shape index (κ1) is 21.2. The van der Waals surface area contributed by atoms with E-state index in [9.17, 15) is 24.0 Å². The summed E-state index contributed by atoms with van der Waals surface area (Å²) in [5.41, 5.74) is 0.331. The van der Waals surface area contributed by atoms with Gasteiger partial charge in [-0.1, -0.05) is 6.07 Å². The summed E-state index contributed by atoms with van der Waals surface area (Å²) in [7, 11) is 0. The van der Waals surface area contributed by atoms with Crippen LogP contribution in [-0.4, -0.2) is 50.0 Å². The Morgan fingerprint density at radius 2 is 2.07 bits per heavy atom. The summed E-state index contributed by atoms with van der Waals surface area (Å²) in [6, 6.07) is 3.50. The lowest BCUT2D eigenvalue weighted by molar-refractivity contribution is -0.124. The number of H-pyrrole nitrogens is 2. The Morgan fingerprint density at radius 3 is 2.77 bits per heavy atom. The molecule has 1 aliphatic heterocycles. The van der Waals surface area contributed by atoms with Crippen LogP contribution in [-0.2, 0) is 16.0 Å². The molecule has 0 bridgehead atoms. The molecular weight excluding hydrogens is 410 g/mol. The van der Waals surface area contributed by atoms with Gasteiger partial charge in [-0.15, -0.1) is 0 Å². The van der Waals surface area contributed by atoms with Crippen LogP contribution in [0.1, 0.15) is 23.2 Å². The van der Waals surface area contributed by atoms with Gasteiger partial charge in [0.2, 0.25) is 5.91 Å². The van der Waals surface area contributed by atoms with Gasteiger partial charge in [-0.05, 0) is 42.8 Å². The van der Waals surface area contributed by atoms with Crippen molar-refractivity contribution >= 4 is 34.9 Å². The van der Waals surface area contributed by atoms with Crippen LogP contribution in [0.25, 0.3) is 6.08 Å². The average molecular weight is 429 g/mol. The number of nitrogens with one attached hydrogen (secondary N) is 3. The molecule has 3 rings (SSSR count). The van der Waals surface area contributed by atoms with Gasteiger partial charge in [-0.2, -0.15) is 0 Å². The standard InChI is InChI=1S/C19H19N5O5S/c1-11-13(16(26)23-18(28)22-11)4-5-15(25)21-7-8-24-17(27)14(30-19(24)29)9-12-3-2-6-20-10-12/h2-3,6,9-10H,4-5,7-8H2,1H3,(H,21,25)(H2,22,23,26,28)/b14-9-. The number of hydrogen-bond donors (Lipinski definition) is 3. The molecular formula is C19H19N5O5S. The van der Waals surface area contributed by atoms with E-state index in [0.29, 0.717) is 21.7 Å². The normalized spacial score (nSPS) is 15.1. The minimum Gasteiger partial charge on any atom is -0.354 e. The van der Waals surface area contributed by atoms with Crippen molar-refractivity contribution in [1.82, 2.24) is 25.2 Å². The van der Waals surface area contributed by atoms with E-state index in [1.54, 1.807) is 37.5 Å². The van der Waals surface area contributed by atoms with Gasteiger partial charge < -0.3 is 10.3 Å². The molecule has 156 valence electrons. The summed E-state index contributed by atoms with van der Waals surface area (Å²) in [5.74, 6) is -0.753. The van der Waals surface area contributed by atoms with Crippen LogP contribution in [0.3, 0.4) is 0 Å². The number of hydrogen-bond acceptors (Lipinski definition) is 7. The number of carbonyl (C=O) groups is 3. The van der Waals surface area contributed by atoms with Crippen molar-refractivity contribution in [3.05, 3.63) is 67.1 Å². The number of aryl methyl sites for hydroxylation is 1. The first-order chi connectivity index (χ1) is 14.3. The summed E-state index contributed by atoms with van der Waals surface area (Å²) in [4.78, 5) is 69.5. The summed E-state index contributed by atoms with van der Waals surface area (Å²) >= 11 is 0.838. The highest BCUT2D eigenvalue weighted by Gasteiger charge is 2.34. The number of pyridine rings is 1. The lowest BCUT2D eigenvalue weighted by atomic mass is 10.1. The van der Waals surface area contributed by atoms with Crippen molar-refractivity contribution in [1.29, 1.82) is 0 Å². The largest absolute Gasteiger partial charge is 0.354 e. The monoisotopic (exact) mass is 429 g/mol. The van der Waals surface area contributed by atoms with E-state index >= 15 is 0 Å². The quantitative estimate of drug-likeness (QED) is 0.545. The van der Waals surface area contributed by atoms with E-state index in [2.05, 4.69) is 20.3 Å². The van der Waals surface area contributed by atoms with Crippen molar-refractivity contribution < 1.29 is 14.4 Å².